The maximum Gasteiger partial charge on any atom is 0.219 e. The summed E-state index contributed by atoms with van der Waals surface area (Å²) in [5.41, 5.74) is 0. The van der Waals surface area contributed by atoms with Crippen molar-refractivity contribution in [1.82, 2.24) is 5.32 Å². The summed E-state index contributed by atoms with van der Waals surface area (Å²) in [5.74, 6) is 0.918. The summed E-state index contributed by atoms with van der Waals surface area (Å²) in [4.78, 5) is 11.6. The molecule has 0 aliphatic carbocycles. The van der Waals surface area contributed by atoms with Crippen molar-refractivity contribution in [2.75, 3.05) is 6.54 Å². The molecule has 0 unspecified atom stereocenters. The van der Waals surface area contributed by atoms with Crippen molar-refractivity contribution in [3.8, 4) is 0 Å². The number of unbranched alkanes of at least 4 members (excludes halogenated alkanes) is 14. The monoisotopic (exact) mass is 383 g/mol. The summed E-state index contributed by atoms with van der Waals surface area (Å²) in [5, 5.41) is 3.02. The van der Waals surface area contributed by atoms with E-state index in [4.69, 9.17) is 0 Å². The quantitative estimate of drug-likeness (QED) is 0.223. The first-order valence-corrected chi connectivity index (χ1v) is 12.4. The van der Waals surface area contributed by atoms with Crippen LogP contribution in [0.5, 0.6) is 0 Å². The van der Waals surface area contributed by atoms with Crippen LogP contribution in [-0.4, -0.2) is 12.5 Å². The lowest BCUT2D eigenvalue weighted by atomic mass is 10.0. The Morgan fingerprint density at radius 2 is 1.04 bits per heavy atom. The molecule has 0 heterocycles. The molecule has 0 rings (SSSR count). The number of hydrogen-bond acceptors (Lipinski definition) is 1. The average Bonchev–Trinajstić information content (AvgIpc) is 2.66. The molecule has 0 spiro atoms. The van der Waals surface area contributed by atoms with Crippen LogP contribution in [0.25, 0.3) is 0 Å². The molecule has 1 N–H and O–H groups in total. The topological polar surface area (TPSA) is 29.1 Å². The Morgan fingerprint density at radius 1 is 0.667 bits per heavy atom. The second kappa shape index (κ2) is 25.5. The summed E-state index contributed by atoms with van der Waals surface area (Å²) in [7, 11) is 0. The number of carbonyl (C=O) groups excluding carboxylic acids is 1. The van der Waals surface area contributed by atoms with Crippen LogP contribution in [0.3, 0.4) is 0 Å². The van der Waals surface area contributed by atoms with Crippen molar-refractivity contribution in [2.24, 2.45) is 5.92 Å². The number of hydrogen-bond donors (Lipinski definition) is 1. The summed E-state index contributed by atoms with van der Waals surface area (Å²) in [6.45, 7) is 11.5. The van der Waals surface area contributed by atoms with Crippen LogP contribution in [0.1, 0.15) is 144 Å². The van der Waals surface area contributed by atoms with Gasteiger partial charge >= 0.3 is 0 Å². The molecule has 0 aliphatic rings. The third-order valence-electron chi connectivity index (χ3n) is 5.05. The lowest BCUT2D eigenvalue weighted by Crippen LogP contribution is -2.24. The zero-order valence-corrected chi connectivity index (χ0v) is 19.7. The van der Waals surface area contributed by atoms with Crippen molar-refractivity contribution in [3.05, 3.63) is 0 Å². The molecule has 0 bridgehead atoms. The van der Waals surface area contributed by atoms with E-state index in [0.29, 0.717) is 5.92 Å². The minimum Gasteiger partial charge on any atom is -0.356 e. The molecule has 164 valence electrons. The number of amides is 1. The lowest BCUT2D eigenvalue weighted by molar-refractivity contribution is -0.121. The fourth-order valence-corrected chi connectivity index (χ4v) is 3.25. The van der Waals surface area contributed by atoms with Gasteiger partial charge in [0.15, 0.2) is 0 Å². The van der Waals surface area contributed by atoms with Crippen molar-refractivity contribution in [3.63, 3.8) is 0 Å². The molecular formula is C25H53NO. The van der Waals surface area contributed by atoms with Crippen molar-refractivity contribution < 1.29 is 4.79 Å². The van der Waals surface area contributed by atoms with Crippen LogP contribution in [-0.2, 0) is 4.79 Å². The number of carbonyl (C=O) groups is 1. The van der Waals surface area contributed by atoms with Crippen LogP contribution in [0, 0.1) is 5.92 Å². The Bertz CT molecular complexity index is 275. The Hall–Kier alpha value is -0.530. The molecule has 27 heavy (non-hydrogen) atoms. The first kappa shape index (κ1) is 28.7. The largest absolute Gasteiger partial charge is 0.356 e. The van der Waals surface area contributed by atoms with Gasteiger partial charge in [-0.25, -0.2) is 0 Å². The van der Waals surface area contributed by atoms with E-state index in [9.17, 15) is 4.79 Å². The molecule has 0 atom stereocenters. The molecule has 0 saturated heterocycles. The molecule has 0 radical (unpaired) electrons. The molecule has 0 saturated carbocycles. The van der Waals surface area contributed by atoms with E-state index in [1.807, 2.05) is 13.8 Å². The third-order valence-corrected chi connectivity index (χ3v) is 5.05. The molecule has 0 fully saturated rings. The molecular weight excluding hydrogens is 330 g/mol. The first-order chi connectivity index (χ1) is 13.2. The lowest BCUT2D eigenvalue weighted by Gasteiger charge is -2.07. The van der Waals surface area contributed by atoms with Crippen molar-refractivity contribution in [1.29, 1.82) is 0 Å². The van der Waals surface area contributed by atoms with E-state index >= 15 is 0 Å². The summed E-state index contributed by atoms with van der Waals surface area (Å²) < 4.78 is 0. The van der Waals surface area contributed by atoms with Gasteiger partial charge in [0, 0.05) is 13.0 Å². The van der Waals surface area contributed by atoms with Crippen molar-refractivity contribution >= 4 is 5.91 Å². The van der Waals surface area contributed by atoms with Gasteiger partial charge in [-0.15, -0.1) is 0 Å². The maximum absolute atomic E-state index is 11.6. The van der Waals surface area contributed by atoms with Gasteiger partial charge < -0.3 is 5.32 Å². The van der Waals surface area contributed by atoms with Crippen LogP contribution in [0.15, 0.2) is 0 Å². The normalized spacial score (nSPS) is 10.6. The summed E-state index contributed by atoms with van der Waals surface area (Å²) >= 11 is 0. The Morgan fingerprint density at radius 3 is 1.41 bits per heavy atom. The molecule has 1 amide bonds. The molecule has 0 aliphatic heterocycles. The highest BCUT2D eigenvalue weighted by Crippen LogP contribution is 2.13. The van der Waals surface area contributed by atoms with E-state index in [0.717, 1.165) is 25.8 Å². The van der Waals surface area contributed by atoms with Crippen LogP contribution in [0.2, 0.25) is 0 Å². The fourth-order valence-electron chi connectivity index (χ4n) is 3.25. The van der Waals surface area contributed by atoms with E-state index in [-0.39, 0.29) is 5.91 Å². The Balaban J connectivity index is 0. The van der Waals surface area contributed by atoms with Gasteiger partial charge in [-0.05, 0) is 18.8 Å². The summed E-state index contributed by atoms with van der Waals surface area (Å²) in [6.07, 6.45) is 22.4. The molecule has 0 aromatic heterocycles. The number of nitrogens with one attached hydrogen (secondary N) is 1. The zero-order chi connectivity index (χ0) is 20.6. The highest BCUT2D eigenvalue weighted by Gasteiger charge is 2.01. The van der Waals surface area contributed by atoms with E-state index in [2.05, 4.69) is 26.1 Å². The molecule has 0 aromatic carbocycles. The van der Waals surface area contributed by atoms with Crippen LogP contribution in [0.4, 0.5) is 0 Å². The predicted molar refractivity (Wildman–Crippen MR) is 123 cm³/mol. The van der Waals surface area contributed by atoms with Gasteiger partial charge in [0.1, 0.15) is 0 Å². The highest BCUT2D eigenvalue weighted by atomic mass is 16.1. The second-order valence-electron chi connectivity index (χ2n) is 8.23. The van der Waals surface area contributed by atoms with Crippen molar-refractivity contribution in [2.45, 2.75) is 144 Å². The predicted octanol–water partition coefficient (Wildman–Crippen LogP) is 8.44. The molecule has 0 aromatic rings. The highest BCUT2D eigenvalue weighted by molar-refractivity contribution is 5.75. The summed E-state index contributed by atoms with van der Waals surface area (Å²) in [6, 6.07) is 0. The zero-order valence-electron chi connectivity index (χ0n) is 19.7. The molecule has 2 heteroatoms. The van der Waals surface area contributed by atoms with E-state index in [1.54, 1.807) is 0 Å². The van der Waals surface area contributed by atoms with Gasteiger partial charge in [-0.3, -0.25) is 4.79 Å². The Kier molecular flexibility index (Phi) is 27.1. The van der Waals surface area contributed by atoms with Gasteiger partial charge in [-0.2, -0.15) is 0 Å². The third kappa shape index (κ3) is 27.8. The minimum absolute atomic E-state index is 0.246. The smallest absolute Gasteiger partial charge is 0.219 e. The second-order valence-corrected chi connectivity index (χ2v) is 8.23. The van der Waals surface area contributed by atoms with Gasteiger partial charge in [-0.1, -0.05) is 125 Å². The standard InChI is InChI=1S/C23H47NO.C2H6/c1-4-5-6-7-8-9-10-11-12-13-14-15-16-17-18-19-23(25)24-21-20-22(2)3;1-2/h22H,4-21H2,1-3H3,(H,24,25);1-2H3. The SMILES string of the molecule is CC.CCCCCCCCCCCCCCCCCC(=O)NCCC(C)C. The van der Waals surface area contributed by atoms with E-state index in [1.165, 1.54) is 89.9 Å². The first-order valence-electron chi connectivity index (χ1n) is 12.4. The van der Waals surface area contributed by atoms with Gasteiger partial charge in [0.05, 0.1) is 0 Å². The van der Waals surface area contributed by atoms with Crippen LogP contribution < -0.4 is 5.32 Å². The maximum atomic E-state index is 11.6. The van der Waals surface area contributed by atoms with E-state index < -0.39 is 0 Å². The van der Waals surface area contributed by atoms with Gasteiger partial charge in [0.2, 0.25) is 5.91 Å². The average molecular weight is 384 g/mol. The Labute approximate surface area is 172 Å². The fraction of sp³-hybridized carbons (Fsp3) is 0.960. The molecule has 2 nitrogen and oxygen atoms in total. The van der Waals surface area contributed by atoms with Gasteiger partial charge in [0.25, 0.3) is 0 Å². The van der Waals surface area contributed by atoms with Crippen LogP contribution >= 0.6 is 0 Å². The number of rotatable bonds is 19. The minimum atomic E-state index is 0.246.